The molecule has 0 N–H and O–H groups in total. The van der Waals surface area contributed by atoms with Gasteiger partial charge in [0.1, 0.15) is 5.75 Å². The minimum atomic E-state index is -3.59. The molecule has 1 fully saturated rings. The number of halogens is 5. The van der Waals surface area contributed by atoms with Crippen LogP contribution in [0.25, 0.3) is 0 Å². The van der Waals surface area contributed by atoms with Crippen LogP contribution in [-0.2, 0) is 4.74 Å². The van der Waals surface area contributed by atoms with Gasteiger partial charge in [0.15, 0.2) is 17.5 Å². The number of ether oxygens (including phenoxy) is 2. The van der Waals surface area contributed by atoms with Crippen LogP contribution >= 0.6 is 0 Å². The van der Waals surface area contributed by atoms with Crippen molar-refractivity contribution >= 4 is 0 Å². The van der Waals surface area contributed by atoms with Crippen LogP contribution in [0, 0.1) is 29.3 Å². The summed E-state index contributed by atoms with van der Waals surface area (Å²) >= 11 is 0. The SMILES string of the molecule is CCCC(CCCC(F)(F)Oc1cc(F)c(F)c(F)c1)C1CCC(C)CO1. The van der Waals surface area contributed by atoms with Crippen molar-refractivity contribution in [2.24, 2.45) is 11.8 Å². The molecule has 1 aliphatic rings. The van der Waals surface area contributed by atoms with Gasteiger partial charge in [0, 0.05) is 18.7 Å². The summed E-state index contributed by atoms with van der Waals surface area (Å²) in [7, 11) is 0. The zero-order valence-corrected chi connectivity index (χ0v) is 15.7. The van der Waals surface area contributed by atoms with Crippen LogP contribution in [0.3, 0.4) is 0 Å². The predicted octanol–water partition coefficient (Wildman–Crippen LogP) is 6.48. The van der Waals surface area contributed by atoms with E-state index in [-0.39, 0.29) is 18.4 Å². The van der Waals surface area contributed by atoms with Crippen LogP contribution in [0.1, 0.15) is 58.8 Å². The molecule has 154 valence electrons. The number of alkyl halides is 2. The largest absolute Gasteiger partial charge is 0.432 e. The monoisotopic (exact) mass is 394 g/mol. The van der Waals surface area contributed by atoms with Crippen LogP contribution in [0.2, 0.25) is 0 Å². The van der Waals surface area contributed by atoms with Gasteiger partial charge in [0.05, 0.1) is 12.5 Å². The molecule has 0 aromatic heterocycles. The molecule has 1 aromatic carbocycles. The molecule has 0 amide bonds. The number of hydrogen-bond donors (Lipinski definition) is 0. The van der Waals surface area contributed by atoms with E-state index in [1.807, 2.05) is 6.92 Å². The molecule has 1 heterocycles. The van der Waals surface area contributed by atoms with Gasteiger partial charge in [-0.2, -0.15) is 8.78 Å². The lowest BCUT2D eigenvalue weighted by molar-refractivity contribution is -0.182. The Morgan fingerprint density at radius 1 is 1.15 bits per heavy atom. The van der Waals surface area contributed by atoms with Crippen molar-refractivity contribution in [2.45, 2.75) is 71.0 Å². The molecular formula is C20H27F5O2. The zero-order valence-electron chi connectivity index (χ0n) is 15.7. The maximum Gasteiger partial charge on any atom is 0.397 e. The van der Waals surface area contributed by atoms with E-state index in [2.05, 4.69) is 11.7 Å². The number of rotatable bonds is 9. The van der Waals surface area contributed by atoms with E-state index in [9.17, 15) is 22.0 Å². The van der Waals surface area contributed by atoms with E-state index in [0.717, 1.165) is 25.7 Å². The van der Waals surface area contributed by atoms with Crippen LogP contribution in [0.4, 0.5) is 22.0 Å². The molecule has 3 atom stereocenters. The van der Waals surface area contributed by atoms with E-state index in [4.69, 9.17) is 4.74 Å². The highest BCUT2D eigenvalue weighted by molar-refractivity contribution is 5.25. The summed E-state index contributed by atoms with van der Waals surface area (Å²) in [5.74, 6) is -4.84. The molecule has 0 radical (unpaired) electrons. The summed E-state index contributed by atoms with van der Waals surface area (Å²) in [6.07, 6.45) is 0.541. The summed E-state index contributed by atoms with van der Waals surface area (Å²) in [4.78, 5) is 0. The molecule has 7 heteroatoms. The first-order valence-electron chi connectivity index (χ1n) is 9.54. The summed E-state index contributed by atoms with van der Waals surface area (Å²) in [5, 5.41) is 0. The van der Waals surface area contributed by atoms with Crippen LogP contribution in [-0.4, -0.2) is 18.8 Å². The van der Waals surface area contributed by atoms with E-state index in [0.29, 0.717) is 31.1 Å². The molecule has 0 bridgehead atoms. The Balaban J connectivity index is 1.87. The first-order chi connectivity index (χ1) is 12.7. The molecule has 2 nitrogen and oxygen atoms in total. The quantitative estimate of drug-likeness (QED) is 0.353. The minimum absolute atomic E-state index is 0.0935. The first-order valence-corrected chi connectivity index (χ1v) is 9.54. The fraction of sp³-hybridized carbons (Fsp3) is 0.700. The molecule has 1 saturated heterocycles. The van der Waals surface area contributed by atoms with Gasteiger partial charge in [-0.25, -0.2) is 13.2 Å². The molecule has 0 aliphatic carbocycles. The van der Waals surface area contributed by atoms with Crippen LogP contribution < -0.4 is 4.74 Å². The summed E-state index contributed by atoms with van der Waals surface area (Å²) in [6, 6.07) is 0.840. The summed E-state index contributed by atoms with van der Waals surface area (Å²) in [5.41, 5.74) is 0. The van der Waals surface area contributed by atoms with E-state index in [1.54, 1.807) is 0 Å². The van der Waals surface area contributed by atoms with Crippen molar-refractivity contribution in [3.63, 3.8) is 0 Å². The molecule has 3 unspecified atom stereocenters. The maximum absolute atomic E-state index is 14.0. The molecule has 2 rings (SSSR count). The van der Waals surface area contributed by atoms with Gasteiger partial charge in [0.25, 0.3) is 0 Å². The average molecular weight is 394 g/mol. The number of hydrogen-bond acceptors (Lipinski definition) is 2. The van der Waals surface area contributed by atoms with Gasteiger partial charge in [0.2, 0.25) is 0 Å². The lowest BCUT2D eigenvalue weighted by Crippen LogP contribution is -2.32. The van der Waals surface area contributed by atoms with E-state index >= 15 is 0 Å². The normalized spacial score (nSPS) is 21.9. The topological polar surface area (TPSA) is 18.5 Å². The Morgan fingerprint density at radius 3 is 2.37 bits per heavy atom. The second-order valence-corrected chi connectivity index (χ2v) is 7.44. The fourth-order valence-corrected chi connectivity index (χ4v) is 3.55. The van der Waals surface area contributed by atoms with Gasteiger partial charge < -0.3 is 9.47 Å². The second-order valence-electron chi connectivity index (χ2n) is 7.44. The standard InChI is InChI=1S/C20H27F5O2/c1-3-5-14(18-8-7-13(2)12-26-18)6-4-9-20(24,25)27-15-10-16(21)19(23)17(22)11-15/h10-11,13-14,18H,3-9,12H2,1-2H3. The van der Waals surface area contributed by atoms with Crippen molar-refractivity contribution in [2.75, 3.05) is 6.61 Å². The fourth-order valence-electron chi connectivity index (χ4n) is 3.55. The smallest absolute Gasteiger partial charge is 0.397 e. The van der Waals surface area contributed by atoms with E-state index in [1.165, 1.54) is 0 Å². The average Bonchev–Trinajstić information content (AvgIpc) is 2.59. The highest BCUT2D eigenvalue weighted by atomic mass is 19.3. The molecule has 0 spiro atoms. The summed E-state index contributed by atoms with van der Waals surface area (Å²) in [6.45, 7) is 4.88. The van der Waals surface area contributed by atoms with Crippen molar-refractivity contribution in [3.05, 3.63) is 29.6 Å². The third-order valence-electron chi connectivity index (χ3n) is 4.99. The Kier molecular flexibility index (Phi) is 7.89. The van der Waals surface area contributed by atoms with Crippen molar-refractivity contribution in [3.8, 4) is 5.75 Å². The maximum atomic E-state index is 14.0. The minimum Gasteiger partial charge on any atom is -0.432 e. The lowest BCUT2D eigenvalue weighted by Gasteiger charge is -2.33. The van der Waals surface area contributed by atoms with Gasteiger partial charge in [-0.15, -0.1) is 0 Å². The summed E-state index contributed by atoms with van der Waals surface area (Å²) < 4.78 is 77.5. The Hall–Kier alpha value is -1.37. The van der Waals surface area contributed by atoms with E-state index < -0.39 is 35.7 Å². The van der Waals surface area contributed by atoms with Gasteiger partial charge in [-0.1, -0.05) is 20.3 Å². The molecule has 1 aromatic rings. The molecule has 0 saturated carbocycles. The number of benzene rings is 1. The molecule has 1 aliphatic heterocycles. The second kappa shape index (κ2) is 9.71. The first kappa shape index (κ1) is 21.9. The zero-order chi connectivity index (χ0) is 20.0. The van der Waals surface area contributed by atoms with Crippen molar-refractivity contribution in [1.29, 1.82) is 0 Å². The van der Waals surface area contributed by atoms with Crippen molar-refractivity contribution in [1.82, 2.24) is 0 Å². The molecular weight excluding hydrogens is 367 g/mol. The lowest BCUT2D eigenvalue weighted by atomic mass is 9.86. The van der Waals surface area contributed by atoms with Gasteiger partial charge in [-0.05, 0) is 43.9 Å². The third-order valence-corrected chi connectivity index (χ3v) is 4.99. The highest BCUT2D eigenvalue weighted by Crippen LogP contribution is 2.33. The predicted molar refractivity (Wildman–Crippen MR) is 92.3 cm³/mol. The van der Waals surface area contributed by atoms with Gasteiger partial charge in [-0.3, -0.25) is 0 Å². The Bertz CT molecular complexity index is 577. The van der Waals surface area contributed by atoms with Gasteiger partial charge >= 0.3 is 6.11 Å². The molecule has 27 heavy (non-hydrogen) atoms. The van der Waals surface area contributed by atoms with Crippen LogP contribution in [0.15, 0.2) is 12.1 Å². The van der Waals surface area contributed by atoms with Crippen molar-refractivity contribution < 1.29 is 31.4 Å². The third kappa shape index (κ3) is 6.63. The Labute approximate surface area is 157 Å². The van der Waals surface area contributed by atoms with Crippen LogP contribution in [0.5, 0.6) is 5.75 Å². The Morgan fingerprint density at radius 2 is 1.81 bits per heavy atom. The highest BCUT2D eigenvalue weighted by Gasteiger charge is 2.33.